The van der Waals surface area contributed by atoms with Crippen molar-refractivity contribution >= 4 is 42.4 Å². The van der Waals surface area contributed by atoms with Gasteiger partial charge in [-0.2, -0.15) is 0 Å². The Kier molecular flexibility index (Phi) is 6.34. The maximum Gasteiger partial charge on any atom is 0.244 e. The van der Waals surface area contributed by atoms with Crippen LogP contribution in [0.4, 0.5) is 13.9 Å². The van der Waals surface area contributed by atoms with Crippen LogP contribution in [0.25, 0.3) is 10.2 Å². The van der Waals surface area contributed by atoms with Gasteiger partial charge in [-0.25, -0.2) is 22.2 Å². The van der Waals surface area contributed by atoms with Crippen LogP contribution in [0.1, 0.15) is 5.56 Å². The van der Waals surface area contributed by atoms with Crippen molar-refractivity contribution in [3.05, 3.63) is 78.1 Å². The normalized spacial score (nSPS) is 11.5. The topological polar surface area (TPSA) is 89.5 Å². The van der Waals surface area contributed by atoms with E-state index in [9.17, 15) is 22.0 Å². The van der Waals surface area contributed by atoms with Gasteiger partial charge in [0.25, 0.3) is 0 Å². The average Bonchev–Trinajstić information content (AvgIpc) is 3.22. The highest BCUT2D eigenvalue weighted by molar-refractivity contribution is 7.92. The number of hydrogen-bond acceptors (Lipinski definition) is 7. The van der Waals surface area contributed by atoms with Gasteiger partial charge in [-0.05, 0) is 42.0 Å². The number of sulfone groups is 1. The molecule has 11 heteroatoms. The highest BCUT2D eigenvalue weighted by atomic mass is 32.2. The average molecular weight is 490 g/mol. The highest BCUT2D eigenvalue weighted by Crippen LogP contribution is 2.32. The molecule has 4 aromatic rings. The third-order valence-corrected chi connectivity index (χ3v) is 7.37. The lowest BCUT2D eigenvalue weighted by molar-refractivity contribution is -0.116. The van der Waals surface area contributed by atoms with Crippen molar-refractivity contribution in [1.29, 1.82) is 0 Å². The van der Waals surface area contributed by atoms with Crippen molar-refractivity contribution in [2.45, 2.75) is 11.4 Å². The van der Waals surface area contributed by atoms with Crippen molar-refractivity contribution in [3.63, 3.8) is 0 Å². The van der Waals surface area contributed by atoms with Gasteiger partial charge >= 0.3 is 0 Å². The summed E-state index contributed by atoms with van der Waals surface area (Å²) in [4.78, 5) is 22.4. The van der Waals surface area contributed by atoms with Crippen LogP contribution in [0.15, 0.2) is 65.8 Å². The van der Waals surface area contributed by atoms with Gasteiger partial charge in [0.15, 0.2) is 20.8 Å². The van der Waals surface area contributed by atoms with Crippen molar-refractivity contribution in [3.8, 4) is 5.75 Å². The van der Waals surface area contributed by atoms with E-state index < -0.39 is 33.1 Å². The first-order valence-corrected chi connectivity index (χ1v) is 12.1. The zero-order chi connectivity index (χ0) is 23.6. The number of carbonyl (C=O) groups excluding carboxylic acids is 1. The molecule has 0 fully saturated rings. The van der Waals surface area contributed by atoms with Crippen LogP contribution in [0.3, 0.4) is 0 Å². The number of anilines is 1. The van der Waals surface area contributed by atoms with Gasteiger partial charge in [0.05, 0.1) is 23.2 Å². The van der Waals surface area contributed by atoms with Crippen LogP contribution < -0.4 is 9.64 Å². The maximum atomic E-state index is 14.2. The Morgan fingerprint density at radius 1 is 1.15 bits per heavy atom. The predicted molar refractivity (Wildman–Crippen MR) is 120 cm³/mol. The smallest absolute Gasteiger partial charge is 0.244 e. The second-order valence-electron chi connectivity index (χ2n) is 7.01. The van der Waals surface area contributed by atoms with E-state index in [0.29, 0.717) is 17.4 Å². The van der Waals surface area contributed by atoms with Crippen molar-refractivity contribution in [1.82, 2.24) is 9.97 Å². The molecule has 2 aromatic heterocycles. The Hall–Kier alpha value is -3.44. The summed E-state index contributed by atoms with van der Waals surface area (Å²) in [5, 5.41) is 0.0493. The number of aromatic nitrogens is 2. The Morgan fingerprint density at radius 3 is 2.58 bits per heavy atom. The van der Waals surface area contributed by atoms with Gasteiger partial charge in [-0.1, -0.05) is 17.4 Å². The van der Waals surface area contributed by atoms with Gasteiger partial charge in [0.1, 0.15) is 22.8 Å². The van der Waals surface area contributed by atoms with Crippen LogP contribution in [0, 0.1) is 11.6 Å². The molecule has 2 aromatic carbocycles. The largest absolute Gasteiger partial charge is 0.497 e. The van der Waals surface area contributed by atoms with Gasteiger partial charge < -0.3 is 4.74 Å². The number of thiazole rings is 1. The summed E-state index contributed by atoms with van der Waals surface area (Å²) in [6.07, 6.45) is 3.07. The zero-order valence-electron chi connectivity index (χ0n) is 17.2. The second kappa shape index (κ2) is 9.20. The summed E-state index contributed by atoms with van der Waals surface area (Å²) < 4.78 is 58.8. The van der Waals surface area contributed by atoms with E-state index in [2.05, 4.69) is 9.97 Å². The molecule has 0 saturated carbocycles. The molecule has 4 rings (SSSR count). The molecular formula is C22H17F2N3O4S2. The number of amides is 1. The second-order valence-corrected chi connectivity index (χ2v) is 10.0. The van der Waals surface area contributed by atoms with E-state index in [1.54, 1.807) is 18.3 Å². The molecule has 0 unspecified atom stereocenters. The third-order valence-electron chi connectivity index (χ3n) is 4.73. The molecule has 0 aliphatic carbocycles. The predicted octanol–water partition coefficient (Wildman–Crippen LogP) is 3.99. The number of hydrogen-bond donors (Lipinski definition) is 0. The molecule has 0 atom stereocenters. The van der Waals surface area contributed by atoms with Crippen LogP contribution in [0.5, 0.6) is 5.75 Å². The number of benzene rings is 2. The van der Waals surface area contributed by atoms with Crippen molar-refractivity contribution in [2.75, 3.05) is 17.8 Å². The molecular weight excluding hydrogens is 472 g/mol. The van der Waals surface area contributed by atoms with E-state index >= 15 is 0 Å². The van der Waals surface area contributed by atoms with E-state index in [1.807, 2.05) is 0 Å². The van der Waals surface area contributed by atoms with Crippen LogP contribution in [-0.4, -0.2) is 37.2 Å². The Balaban J connectivity index is 1.70. The molecule has 1 amide bonds. The fourth-order valence-corrected chi connectivity index (χ4v) is 5.32. The van der Waals surface area contributed by atoms with Gasteiger partial charge in [0.2, 0.25) is 5.91 Å². The number of rotatable bonds is 7. The monoisotopic (exact) mass is 489 g/mol. The number of nitrogens with zero attached hydrogens (tertiary/aromatic N) is 3. The van der Waals surface area contributed by atoms with E-state index in [4.69, 9.17) is 4.74 Å². The van der Waals surface area contributed by atoms with Gasteiger partial charge in [-0.15, -0.1) is 0 Å². The number of halogens is 2. The number of pyridine rings is 1. The highest BCUT2D eigenvalue weighted by Gasteiger charge is 2.27. The molecule has 0 spiro atoms. The van der Waals surface area contributed by atoms with E-state index in [-0.39, 0.29) is 26.8 Å². The summed E-state index contributed by atoms with van der Waals surface area (Å²) in [6.45, 7) is -0.0469. The number of fused-ring (bicyclic) bond motifs is 1. The summed E-state index contributed by atoms with van der Waals surface area (Å²) in [5.74, 6) is -2.78. The molecule has 7 nitrogen and oxygen atoms in total. The minimum atomic E-state index is -3.99. The summed E-state index contributed by atoms with van der Waals surface area (Å²) >= 11 is 0.890. The standard InChI is InChI=1S/C22H17F2N3O4S2/c1-31-16-4-6-17(7-5-16)33(29,30)13-20(28)27(12-14-3-2-8-25-11-14)22-26-21-18(24)9-15(23)10-19(21)32-22/h2-11H,12-13H2,1H3. The van der Waals surface area contributed by atoms with E-state index in [1.165, 1.54) is 37.6 Å². The van der Waals surface area contributed by atoms with Crippen LogP contribution >= 0.6 is 11.3 Å². The molecule has 2 heterocycles. The minimum absolute atomic E-state index is 0.0459. The lowest BCUT2D eigenvalue weighted by Crippen LogP contribution is -2.35. The number of carbonyl (C=O) groups is 1. The molecule has 0 radical (unpaired) electrons. The molecule has 0 N–H and O–H groups in total. The van der Waals surface area contributed by atoms with Crippen LogP contribution in [0.2, 0.25) is 0 Å². The number of methoxy groups -OCH3 is 1. The fourth-order valence-electron chi connectivity index (χ4n) is 3.10. The molecule has 33 heavy (non-hydrogen) atoms. The van der Waals surface area contributed by atoms with Gasteiger partial charge in [-0.3, -0.25) is 14.7 Å². The summed E-state index contributed by atoms with van der Waals surface area (Å²) in [7, 11) is -2.54. The summed E-state index contributed by atoms with van der Waals surface area (Å²) in [5.41, 5.74) is 0.511. The lowest BCUT2D eigenvalue weighted by atomic mass is 10.2. The van der Waals surface area contributed by atoms with Crippen LogP contribution in [-0.2, 0) is 21.2 Å². The lowest BCUT2D eigenvalue weighted by Gasteiger charge is -2.20. The van der Waals surface area contributed by atoms with Crippen molar-refractivity contribution < 1.29 is 26.7 Å². The molecule has 170 valence electrons. The zero-order valence-corrected chi connectivity index (χ0v) is 18.9. The van der Waals surface area contributed by atoms with Crippen molar-refractivity contribution in [2.24, 2.45) is 0 Å². The first-order chi connectivity index (χ1) is 15.8. The maximum absolute atomic E-state index is 14.2. The fraction of sp³-hybridized carbons (Fsp3) is 0.136. The first-order valence-electron chi connectivity index (χ1n) is 9.58. The Bertz CT molecular complexity index is 1410. The molecule has 0 saturated heterocycles. The first kappa shape index (κ1) is 22.7. The van der Waals surface area contributed by atoms with Gasteiger partial charge in [0, 0.05) is 18.5 Å². The Labute approximate surface area is 192 Å². The molecule has 0 bridgehead atoms. The Morgan fingerprint density at radius 2 is 1.91 bits per heavy atom. The van der Waals surface area contributed by atoms with E-state index in [0.717, 1.165) is 22.3 Å². The minimum Gasteiger partial charge on any atom is -0.497 e. The number of ether oxygens (including phenoxy) is 1. The SMILES string of the molecule is COc1ccc(S(=O)(=O)CC(=O)N(Cc2cccnc2)c2nc3c(F)cc(F)cc3s2)cc1. The summed E-state index contributed by atoms with van der Waals surface area (Å²) in [6, 6.07) is 10.8. The molecule has 0 aliphatic heterocycles. The quantitative estimate of drug-likeness (QED) is 0.390. The third kappa shape index (κ3) is 4.99. The molecule has 0 aliphatic rings.